The van der Waals surface area contributed by atoms with Crippen LogP contribution in [-0.4, -0.2) is 77.9 Å². The third kappa shape index (κ3) is 13.9. The van der Waals surface area contributed by atoms with Crippen LogP contribution in [0.15, 0.2) is 0 Å². The molecule has 35 heavy (non-hydrogen) atoms. The molecule has 15 nitrogen and oxygen atoms in total. The third-order valence-electron chi connectivity index (χ3n) is 4.94. The lowest BCUT2D eigenvalue weighted by molar-refractivity contribution is -0.144. The summed E-state index contributed by atoms with van der Waals surface area (Å²) >= 11 is 0. The number of hydrogen-bond acceptors (Lipinski definition) is 9. The van der Waals surface area contributed by atoms with Crippen LogP contribution in [0.2, 0.25) is 0 Å². The number of primary amides is 2. The quantitative estimate of drug-likeness (QED) is 0.0768. The molecule has 4 unspecified atom stereocenters. The van der Waals surface area contributed by atoms with Crippen molar-refractivity contribution in [2.24, 2.45) is 28.7 Å². The van der Waals surface area contributed by atoms with E-state index in [0.29, 0.717) is 45.2 Å². The Morgan fingerprint density at radius 3 is 1.54 bits per heavy atom. The number of nitrogens with one attached hydrogen (secondary N) is 3. The maximum atomic E-state index is 12.9. The molecule has 0 radical (unpaired) electrons. The largest absolute Gasteiger partial charge is 0.480 e. The Balaban J connectivity index is 5.48. The maximum absolute atomic E-state index is 12.9. The van der Waals surface area contributed by atoms with Gasteiger partial charge in [-0.2, -0.15) is 0 Å². The van der Waals surface area contributed by atoms with Gasteiger partial charge in [0, 0.05) is 0 Å². The van der Waals surface area contributed by atoms with E-state index in [-0.39, 0.29) is 6.42 Å². The Morgan fingerprint density at radius 2 is 1.06 bits per heavy atom. The lowest BCUT2D eigenvalue weighted by atomic mass is 10.1. The van der Waals surface area contributed by atoms with Gasteiger partial charge in [-0.25, -0.2) is 4.79 Å². The van der Waals surface area contributed by atoms with Crippen molar-refractivity contribution in [2.45, 2.75) is 75.5 Å². The molecule has 0 aliphatic heterocycles. The van der Waals surface area contributed by atoms with Crippen molar-refractivity contribution in [3.05, 3.63) is 0 Å². The summed E-state index contributed by atoms with van der Waals surface area (Å²) in [6, 6.07) is -5.25. The topological polar surface area (TPSA) is 289 Å². The van der Waals surface area contributed by atoms with Crippen LogP contribution in [0.5, 0.6) is 0 Å². The zero-order valence-electron chi connectivity index (χ0n) is 19.7. The highest BCUT2D eigenvalue weighted by Gasteiger charge is 2.31. The molecule has 0 aromatic rings. The summed E-state index contributed by atoms with van der Waals surface area (Å²) in [7, 11) is 0. The molecule has 4 atom stereocenters. The fraction of sp³-hybridized carbons (Fsp3) is 0.700. The molecular formula is C20H38N8O7. The van der Waals surface area contributed by atoms with Crippen molar-refractivity contribution in [1.29, 1.82) is 0 Å². The van der Waals surface area contributed by atoms with E-state index in [1.807, 2.05) is 0 Å². The van der Waals surface area contributed by atoms with E-state index in [4.69, 9.17) is 28.7 Å². The van der Waals surface area contributed by atoms with Gasteiger partial charge < -0.3 is 49.7 Å². The normalized spacial score (nSPS) is 14.1. The third-order valence-corrected chi connectivity index (χ3v) is 4.94. The van der Waals surface area contributed by atoms with Gasteiger partial charge in [0.2, 0.25) is 29.5 Å². The number of carboxylic acid groups (broad SMARTS) is 1. The minimum atomic E-state index is -1.61. The van der Waals surface area contributed by atoms with Crippen molar-refractivity contribution < 1.29 is 33.9 Å². The molecule has 0 aliphatic carbocycles. The number of unbranched alkanes of at least 4 members (excludes halogenated alkanes) is 2. The molecule has 0 aliphatic rings. The summed E-state index contributed by atoms with van der Waals surface area (Å²) < 4.78 is 0. The van der Waals surface area contributed by atoms with Gasteiger partial charge in [-0.3, -0.25) is 24.0 Å². The second-order valence-corrected chi connectivity index (χ2v) is 8.04. The maximum Gasteiger partial charge on any atom is 0.326 e. The van der Waals surface area contributed by atoms with E-state index < -0.39 is 72.5 Å². The first-order valence-corrected chi connectivity index (χ1v) is 11.3. The number of nitrogens with two attached hydrogens (primary N) is 5. The highest BCUT2D eigenvalue weighted by Crippen LogP contribution is 2.05. The molecule has 0 saturated heterocycles. The van der Waals surface area contributed by atoms with E-state index in [2.05, 4.69) is 16.0 Å². The number of carboxylic acids is 1. The fourth-order valence-corrected chi connectivity index (χ4v) is 3.04. The van der Waals surface area contributed by atoms with Gasteiger partial charge in [-0.15, -0.1) is 0 Å². The Bertz CT molecular complexity index is 749. The number of amides is 5. The highest BCUT2D eigenvalue weighted by atomic mass is 16.4. The first-order valence-electron chi connectivity index (χ1n) is 11.3. The van der Waals surface area contributed by atoms with Crippen LogP contribution >= 0.6 is 0 Å². The molecule has 0 saturated carbocycles. The summed E-state index contributed by atoms with van der Waals surface area (Å²) in [6.07, 6.45) is 1.26. The lowest BCUT2D eigenvalue weighted by Crippen LogP contribution is -2.58. The number of carbonyl (C=O) groups is 6. The monoisotopic (exact) mass is 502 g/mol. The molecule has 5 amide bonds. The first kappa shape index (κ1) is 31.7. The van der Waals surface area contributed by atoms with Crippen molar-refractivity contribution >= 4 is 35.5 Å². The molecule has 0 heterocycles. The predicted molar refractivity (Wildman–Crippen MR) is 125 cm³/mol. The van der Waals surface area contributed by atoms with Crippen LogP contribution in [0.25, 0.3) is 0 Å². The molecule has 200 valence electrons. The second kappa shape index (κ2) is 17.2. The number of hydrogen-bond donors (Lipinski definition) is 9. The van der Waals surface area contributed by atoms with Crippen molar-refractivity contribution in [1.82, 2.24) is 16.0 Å². The summed E-state index contributed by atoms with van der Waals surface area (Å²) in [5, 5.41) is 16.1. The summed E-state index contributed by atoms with van der Waals surface area (Å²) in [6.45, 7) is 0.737. The van der Waals surface area contributed by atoms with Gasteiger partial charge in [0.15, 0.2) is 0 Å². The second-order valence-electron chi connectivity index (χ2n) is 8.04. The molecule has 0 rings (SSSR count). The van der Waals surface area contributed by atoms with Gasteiger partial charge >= 0.3 is 5.97 Å². The zero-order chi connectivity index (χ0) is 27.0. The minimum absolute atomic E-state index is 0.0630. The molecule has 15 heteroatoms. The molecule has 0 fully saturated rings. The van der Waals surface area contributed by atoms with Gasteiger partial charge in [-0.05, 0) is 45.2 Å². The van der Waals surface area contributed by atoms with Crippen LogP contribution in [0, 0.1) is 0 Å². The van der Waals surface area contributed by atoms with E-state index in [1.54, 1.807) is 0 Å². The fourth-order valence-electron chi connectivity index (χ4n) is 3.04. The Kier molecular flexibility index (Phi) is 15.6. The zero-order valence-corrected chi connectivity index (χ0v) is 19.7. The SMILES string of the molecule is NCCCCC(N)C(=O)NC(CC(N)=O)C(=O)NC(CCCCN)C(=O)NC(CC(N)=O)C(=O)O. The highest BCUT2D eigenvalue weighted by molar-refractivity contribution is 5.96. The summed E-state index contributed by atoms with van der Waals surface area (Å²) in [4.78, 5) is 71.9. The van der Waals surface area contributed by atoms with Crippen molar-refractivity contribution in [3.8, 4) is 0 Å². The average Bonchev–Trinajstić information content (AvgIpc) is 2.76. The summed E-state index contributed by atoms with van der Waals surface area (Å²) in [5.74, 6) is -5.83. The van der Waals surface area contributed by atoms with Crippen molar-refractivity contribution in [3.63, 3.8) is 0 Å². The minimum Gasteiger partial charge on any atom is -0.480 e. The first-order chi connectivity index (χ1) is 16.4. The molecule has 0 aromatic heterocycles. The van der Waals surface area contributed by atoms with E-state index >= 15 is 0 Å². The molecular weight excluding hydrogens is 464 g/mol. The smallest absolute Gasteiger partial charge is 0.326 e. The Labute approximate surface area is 203 Å². The van der Waals surface area contributed by atoms with Crippen LogP contribution in [0.4, 0.5) is 0 Å². The lowest BCUT2D eigenvalue weighted by Gasteiger charge is -2.24. The molecule has 14 N–H and O–H groups in total. The van der Waals surface area contributed by atoms with Gasteiger partial charge in [-0.1, -0.05) is 6.42 Å². The van der Waals surface area contributed by atoms with E-state index in [1.165, 1.54) is 0 Å². The Morgan fingerprint density at radius 1 is 0.629 bits per heavy atom. The number of aliphatic carboxylic acids is 1. The Hall–Kier alpha value is -3.30. The van der Waals surface area contributed by atoms with E-state index in [9.17, 15) is 33.9 Å². The van der Waals surface area contributed by atoms with Gasteiger partial charge in [0.05, 0.1) is 18.9 Å². The number of rotatable bonds is 19. The molecule has 0 spiro atoms. The van der Waals surface area contributed by atoms with Crippen LogP contribution in [-0.2, 0) is 28.8 Å². The van der Waals surface area contributed by atoms with Crippen LogP contribution in [0.3, 0.4) is 0 Å². The summed E-state index contributed by atoms with van der Waals surface area (Å²) in [5.41, 5.74) is 26.9. The molecule has 0 bridgehead atoms. The van der Waals surface area contributed by atoms with Gasteiger partial charge in [0.25, 0.3) is 0 Å². The molecule has 0 aromatic carbocycles. The van der Waals surface area contributed by atoms with E-state index in [0.717, 1.165) is 0 Å². The number of carbonyl (C=O) groups excluding carboxylic acids is 5. The van der Waals surface area contributed by atoms with Crippen molar-refractivity contribution in [2.75, 3.05) is 13.1 Å². The van der Waals surface area contributed by atoms with Crippen LogP contribution < -0.4 is 44.6 Å². The van der Waals surface area contributed by atoms with Crippen LogP contribution in [0.1, 0.15) is 51.4 Å². The standard InChI is InChI=1S/C20H38N8O7/c21-7-3-1-5-11(23)17(31)27-13(9-15(24)29)19(33)26-12(6-2-4-8-22)18(32)28-14(20(34)35)10-16(25)30/h11-14H,1-10,21-23H2,(H2,24,29)(H2,25,30)(H,26,33)(H,27,31)(H,28,32)(H,34,35). The van der Waals surface area contributed by atoms with Gasteiger partial charge in [0.1, 0.15) is 18.1 Å². The average molecular weight is 503 g/mol. The predicted octanol–water partition coefficient (Wildman–Crippen LogP) is -4.14.